The molecule has 0 fully saturated rings. The summed E-state index contributed by atoms with van der Waals surface area (Å²) in [5.41, 5.74) is 0. The van der Waals surface area contributed by atoms with E-state index in [4.69, 9.17) is 0 Å². The fourth-order valence-corrected chi connectivity index (χ4v) is 2.34. The van der Waals surface area contributed by atoms with Crippen molar-refractivity contribution < 1.29 is 4.79 Å². The monoisotopic (exact) mass is 227 g/mol. The second-order valence-electron chi connectivity index (χ2n) is 2.78. The zero-order chi connectivity index (χ0) is 9.97. The highest BCUT2D eigenvalue weighted by atomic mass is 32.2. The van der Waals surface area contributed by atoms with Crippen LogP contribution in [-0.2, 0) is 4.79 Å². The Balaban J connectivity index is 2.24. The van der Waals surface area contributed by atoms with Crippen molar-refractivity contribution in [3.8, 4) is 0 Å². The van der Waals surface area contributed by atoms with E-state index in [0.29, 0.717) is 11.6 Å². The number of amides is 1. The summed E-state index contributed by atoms with van der Waals surface area (Å²) in [5, 5.41) is 6.20. The summed E-state index contributed by atoms with van der Waals surface area (Å²) >= 11 is 2.98. The van der Waals surface area contributed by atoms with Gasteiger partial charge in [0, 0.05) is 11.6 Å². The van der Waals surface area contributed by atoms with Crippen LogP contribution >= 0.6 is 23.1 Å². The Hall–Kier alpha value is -0.880. The highest BCUT2D eigenvalue weighted by molar-refractivity contribution is 8.13. The Morgan fingerprint density at radius 2 is 2.57 bits per heavy atom. The molecule has 2 rings (SSSR count). The second kappa shape index (κ2) is 4.10. The first-order chi connectivity index (χ1) is 6.79. The van der Waals surface area contributed by atoms with Gasteiger partial charge in [0.05, 0.1) is 6.42 Å². The standard InChI is InChI=1S/C8H9N3OS2/c1-13-8-10-5(4-6(12)11-8)7-9-2-3-14-7/h2-3,5H,4H2,1H3,(H,10,11,12). The van der Waals surface area contributed by atoms with Crippen molar-refractivity contribution >= 4 is 34.2 Å². The third-order valence-corrected chi connectivity index (χ3v) is 3.30. The smallest absolute Gasteiger partial charge is 0.228 e. The van der Waals surface area contributed by atoms with Gasteiger partial charge in [-0.2, -0.15) is 0 Å². The lowest BCUT2D eigenvalue weighted by Crippen LogP contribution is -2.33. The molecule has 2 heterocycles. The molecule has 1 aliphatic rings. The van der Waals surface area contributed by atoms with Gasteiger partial charge in [-0.25, -0.2) is 4.98 Å². The van der Waals surface area contributed by atoms with Crippen LogP contribution in [-0.4, -0.2) is 22.3 Å². The van der Waals surface area contributed by atoms with Crippen molar-refractivity contribution in [1.29, 1.82) is 0 Å². The van der Waals surface area contributed by atoms with E-state index >= 15 is 0 Å². The zero-order valence-electron chi connectivity index (χ0n) is 7.56. The first-order valence-electron chi connectivity index (χ1n) is 4.10. The summed E-state index contributed by atoms with van der Waals surface area (Å²) in [5.74, 6) is 0.0181. The maximum absolute atomic E-state index is 11.3. The molecule has 0 saturated carbocycles. The topological polar surface area (TPSA) is 54.4 Å². The van der Waals surface area contributed by atoms with Crippen LogP contribution in [0.2, 0.25) is 0 Å². The van der Waals surface area contributed by atoms with Gasteiger partial charge in [-0.15, -0.1) is 11.3 Å². The van der Waals surface area contributed by atoms with Crippen molar-refractivity contribution in [3.63, 3.8) is 0 Å². The molecule has 4 nitrogen and oxygen atoms in total. The van der Waals surface area contributed by atoms with Gasteiger partial charge in [-0.1, -0.05) is 11.8 Å². The number of carbonyl (C=O) groups excluding carboxylic acids is 1. The molecule has 0 bridgehead atoms. The molecule has 0 spiro atoms. The first-order valence-corrected chi connectivity index (χ1v) is 6.21. The normalized spacial score (nSPS) is 21.6. The number of amidine groups is 1. The molecular weight excluding hydrogens is 218 g/mol. The molecule has 1 atom stereocenters. The highest BCUT2D eigenvalue weighted by Crippen LogP contribution is 2.26. The van der Waals surface area contributed by atoms with Gasteiger partial charge in [-0.3, -0.25) is 9.79 Å². The first kappa shape index (κ1) is 9.67. The van der Waals surface area contributed by atoms with Crippen LogP contribution in [0.25, 0.3) is 0 Å². The Morgan fingerprint density at radius 1 is 1.71 bits per heavy atom. The second-order valence-corrected chi connectivity index (χ2v) is 4.50. The number of hydrogen-bond acceptors (Lipinski definition) is 5. The Kier molecular flexibility index (Phi) is 2.83. The van der Waals surface area contributed by atoms with Gasteiger partial charge < -0.3 is 5.32 Å². The van der Waals surface area contributed by atoms with Crippen LogP contribution in [0.3, 0.4) is 0 Å². The van der Waals surface area contributed by atoms with Crippen molar-refractivity contribution in [2.24, 2.45) is 4.99 Å². The fourth-order valence-electron chi connectivity index (χ4n) is 1.21. The van der Waals surface area contributed by atoms with Crippen LogP contribution < -0.4 is 5.32 Å². The van der Waals surface area contributed by atoms with Gasteiger partial charge in [0.2, 0.25) is 5.91 Å². The number of nitrogens with one attached hydrogen (secondary N) is 1. The summed E-state index contributed by atoms with van der Waals surface area (Å²) in [6.45, 7) is 0. The number of nitrogens with zero attached hydrogens (tertiary/aromatic N) is 2. The quantitative estimate of drug-likeness (QED) is 0.789. The van der Waals surface area contributed by atoms with E-state index in [1.807, 2.05) is 11.6 Å². The number of aliphatic imine (C=N–C) groups is 1. The van der Waals surface area contributed by atoms with Crippen molar-refractivity contribution in [2.45, 2.75) is 12.5 Å². The lowest BCUT2D eigenvalue weighted by molar-refractivity contribution is -0.120. The lowest BCUT2D eigenvalue weighted by atomic mass is 10.2. The molecule has 1 aliphatic heterocycles. The van der Waals surface area contributed by atoms with Crippen molar-refractivity contribution in [2.75, 3.05) is 6.26 Å². The van der Waals surface area contributed by atoms with Gasteiger partial charge in [0.1, 0.15) is 11.0 Å². The third-order valence-electron chi connectivity index (χ3n) is 1.83. The van der Waals surface area contributed by atoms with Crippen LogP contribution in [0.5, 0.6) is 0 Å². The molecule has 1 aromatic heterocycles. The van der Waals surface area contributed by atoms with Crippen LogP contribution in [0.1, 0.15) is 17.5 Å². The van der Waals surface area contributed by atoms with E-state index in [9.17, 15) is 4.79 Å². The van der Waals surface area contributed by atoms with Gasteiger partial charge >= 0.3 is 0 Å². The molecule has 74 valence electrons. The number of thiazole rings is 1. The highest BCUT2D eigenvalue weighted by Gasteiger charge is 2.23. The minimum Gasteiger partial charge on any atom is -0.305 e. The average Bonchev–Trinajstić information content (AvgIpc) is 2.69. The predicted octanol–water partition coefficient (Wildman–Crippen LogP) is 1.42. The minimum absolute atomic E-state index is 0.0181. The molecule has 14 heavy (non-hydrogen) atoms. The molecule has 1 unspecified atom stereocenters. The summed E-state index contributed by atoms with van der Waals surface area (Å²) in [6.07, 6.45) is 4.03. The largest absolute Gasteiger partial charge is 0.305 e. The SMILES string of the molecule is CSC1=NC(c2nccs2)CC(=O)N1. The number of rotatable bonds is 1. The molecule has 1 N–H and O–H groups in total. The molecule has 0 aromatic carbocycles. The maximum Gasteiger partial charge on any atom is 0.228 e. The number of thioether (sulfide) groups is 1. The number of carbonyl (C=O) groups is 1. The number of hydrogen-bond donors (Lipinski definition) is 1. The summed E-state index contributed by atoms with van der Waals surface area (Å²) < 4.78 is 0. The van der Waals surface area contributed by atoms with Gasteiger partial charge in [0.25, 0.3) is 0 Å². The van der Waals surface area contributed by atoms with Crippen LogP contribution in [0.15, 0.2) is 16.6 Å². The zero-order valence-corrected chi connectivity index (χ0v) is 9.19. The summed E-state index contributed by atoms with van der Waals surface area (Å²) in [7, 11) is 0. The van der Waals surface area contributed by atoms with Crippen molar-refractivity contribution in [1.82, 2.24) is 10.3 Å². The molecular formula is C8H9N3OS2. The van der Waals surface area contributed by atoms with E-state index in [-0.39, 0.29) is 11.9 Å². The maximum atomic E-state index is 11.3. The molecule has 6 heteroatoms. The van der Waals surface area contributed by atoms with E-state index in [0.717, 1.165) is 5.01 Å². The van der Waals surface area contributed by atoms with Crippen molar-refractivity contribution in [3.05, 3.63) is 16.6 Å². The molecule has 1 aromatic rings. The third kappa shape index (κ3) is 1.96. The fraction of sp³-hybridized carbons (Fsp3) is 0.375. The van der Waals surface area contributed by atoms with Gasteiger partial charge in [0.15, 0.2) is 5.17 Å². The summed E-state index contributed by atoms with van der Waals surface area (Å²) in [6, 6.07) is -0.0915. The molecule has 0 aliphatic carbocycles. The summed E-state index contributed by atoms with van der Waals surface area (Å²) in [4.78, 5) is 19.9. The Bertz CT molecular complexity index is 361. The van der Waals surface area contributed by atoms with Crippen LogP contribution in [0.4, 0.5) is 0 Å². The average molecular weight is 227 g/mol. The van der Waals surface area contributed by atoms with E-state index in [1.165, 1.54) is 23.1 Å². The Morgan fingerprint density at radius 3 is 3.21 bits per heavy atom. The number of aromatic nitrogens is 1. The van der Waals surface area contributed by atoms with E-state index in [2.05, 4.69) is 15.3 Å². The molecule has 0 radical (unpaired) electrons. The van der Waals surface area contributed by atoms with Crippen LogP contribution in [0, 0.1) is 0 Å². The van der Waals surface area contributed by atoms with E-state index < -0.39 is 0 Å². The molecule has 1 amide bonds. The minimum atomic E-state index is -0.0915. The van der Waals surface area contributed by atoms with E-state index in [1.54, 1.807) is 6.20 Å². The van der Waals surface area contributed by atoms with Gasteiger partial charge in [-0.05, 0) is 6.26 Å². The Labute approximate surface area is 89.8 Å². The predicted molar refractivity (Wildman–Crippen MR) is 58.6 cm³/mol. The molecule has 0 saturated heterocycles. The lowest BCUT2D eigenvalue weighted by Gasteiger charge is -2.17.